The predicted molar refractivity (Wildman–Crippen MR) is 117 cm³/mol. The Morgan fingerprint density at radius 1 is 1.28 bits per heavy atom. The molecule has 0 spiro atoms. The number of nitrogens with zero attached hydrogens (tertiary/aromatic N) is 2. The molecule has 4 rings (SSSR count). The zero-order valence-electron chi connectivity index (χ0n) is 18.7. The van der Waals surface area contributed by atoms with Gasteiger partial charge >= 0.3 is 29.6 Å². The number of hydrogen-bond donors (Lipinski definition) is 0. The molecule has 0 bridgehead atoms. The zero-order chi connectivity index (χ0) is 22.0. The van der Waals surface area contributed by atoms with Crippen molar-refractivity contribution < 1.29 is 49.0 Å². The van der Waals surface area contributed by atoms with Gasteiger partial charge in [-0.05, 0) is 55.6 Å². The summed E-state index contributed by atoms with van der Waals surface area (Å²) in [5.74, 6) is -0.644. The quantitative estimate of drug-likeness (QED) is 0.560. The number of hydrogen-bond acceptors (Lipinski definition) is 6. The van der Waals surface area contributed by atoms with Crippen molar-refractivity contribution in [3.05, 3.63) is 64.2 Å². The molecule has 0 N–H and O–H groups in total. The molecule has 2 atom stereocenters. The van der Waals surface area contributed by atoms with Gasteiger partial charge in [0.2, 0.25) is 0 Å². The smallest absolute Gasteiger partial charge is 0.550 e. The third-order valence-electron chi connectivity index (χ3n) is 5.66. The fourth-order valence-electron chi connectivity index (χ4n) is 4.02. The summed E-state index contributed by atoms with van der Waals surface area (Å²) in [6.45, 7) is 6.00. The van der Waals surface area contributed by atoms with Gasteiger partial charge in [-0.2, -0.15) is 0 Å². The van der Waals surface area contributed by atoms with E-state index in [-0.39, 0.29) is 47.7 Å². The summed E-state index contributed by atoms with van der Waals surface area (Å²) < 4.78 is 5.69. The molecular formula is C24H26ClN2NaO4. The van der Waals surface area contributed by atoms with E-state index in [2.05, 4.69) is 22.2 Å². The largest absolute Gasteiger partial charge is 1.00 e. The van der Waals surface area contributed by atoms with Crippen LogP contribution in [-0.4, -0.2) is 35.8 Å². The van der Waals surface area contributed by atoms with Gasteiger partial charge in [-0.1, -0.05) is 47.1 Å². The van der Waals surface area contributed by atoms with E-state index in [1.54, 1.807) is 0 Å². The van der Waals surface area contributed by atoms with Gasteiger partial charge in [-0.15, -0.1) is 0 Å². The first-order chi connectivity index (χ1) is 14.9. The van der Waals surface area contributed by atoms with Crippen LogP contribution >= 0.6 is 11.6 Å². The van der Waals surface area contributed by atoms with Crippen LogP contribution in [0.5, 0.6) is 5.75 Å². The van der Waals surface area contributed by atoms with E-state index < -0.39 is 5.97 Å². The molecule has 0 amide bonds. The maximum atomic E-state index is 11.0. The van der Waals surface area contributed by atoms with Crippen LogP contribution in [0.1, 0.15) is 49.5 Å². The van der Waals surface area contributed by atoms with Crippen LogP contribution in [0.15, 0.2) is 47.6 Å². The summed E-state index contributed by atoms with van der Waals surface area (Å²) in [6.07, 6.45) is 1.21. The molecule has 6 nitrogen and oxygen atoms in total. The van der Waals surface area contributed by atoms with E-state index in [9.17, 15) is 9.90 Å². The summed E-state index contributed by atoms with van der Waals surface area (Å²) in [4.78, 5) is 18.8. The summed E-state index contributed by atoms with van der Waals surface area (Å²) in [5, 5.41) is 15.9. The molecule has 1 fully saturated rings. The van der Waals surface area contributed by atoms with Gasteiger partial charge in [-0.25, -0.2) is 0 Å². The Kier molecular flexibility index (Phi) is 8.64. The minimum Gasteiger partial charge on any atom is -0.550 e. The van der Waals surface area contributed by atoms with Gasteiger partial charge in [0.05, 0.1) is 16.8 Å². The van der Waals surface area contributed by atoms with Gasteiger partial charge in [0.15, 0.2) is 6.10 Å². The molecule has 2 aliphatic rings. The van der Waals surface area contributed by atoms with Crippen molar-refractivity contribution in [1.29, 1.82) is 0 Å². The molecule has 2 unspecified atom stereocenters. The van der Waals surface area contributed by atoms with Gasteiger partial charge in [0, 0.05) is 31.4 Å². The topological polar surface area (TPSA) is 74.2 Å². The fraction of sp³-hybridized carbons (Fsp3) is 0.417. The maximum Gasteiger partial charge on any atom is 1.00 e. The van der Waals surface area contributed by atoms with Gasteiger partial charge < -0.3 is 19.5 Å². The van der Waals surface area contributed by atoms with E-state index in [1.165, 1.54) is 0 Å². The maximum absolute atomic E-state index is 11.0. The van der Waals surface area contributed by atoms with Crippen molar-refractivity contribution in [3.63, 3.8) is 0 Å². The Morgan fingerprint density at radius 2 is 2.03 bits per heavy atom. The Bertz CT molecular complexity index is 980. The number of ether oxygens (including phenoxy) is 1. The van der Waals surface area contributed by atoms with E-state index in [1.807, 2.05) is 44.2 Å². The minimum atomic E-state index is -0.949. The van der Waals surface area contributed by atoms with Crippen molar-refractivity contribution in [2.75, 3.05) is 13.1 Å². The van der Waals surface area contributed by atoms with E-state index in [0.717, 1.165) is 35.5 Å². The first-order valence-electron chi connectivity index (χ1n) is 10.6. The second-order valence-electron chi connectivity index (χ2n) is 8.43. The standard InChI is InChI=1S/C24H27ClN2O4.Na/c1-15(2)30-22-8-7-18(11-20(22)25)23-12-21(26-31-23)17-5-3-16(4-6-17)13-27-10-9-19(14-27)24(28)29;/h3-8,11,15,19,23H,9-10,12-14H2,1-2H3,(H,28,29);/q;+1/p-1. The number of carbonyl (C=O) groups is 1. The van der Waals surface area contributed by atoms with Crippen molar-refractivity contribution in [1.82, 2.24) is 4.90 Å². The van der Waals surface area contributed by atoms with Crippen LogP contribution in [0.2, 0.25) is 5.02 Å². The van der Waals surface area contributed by atoms with Crippen molar-refractivity contribution in [2.24, 2.45) is 11.1 Å². The average Bonchev–Trinajstić information content (AvgIpc) is 3.40. The van der Waals surface area contributed by atoms with E-state index in [4.69, 9.17) is 21.2 Å². The third kappa shape index (κ3) is 6.06. The summed E-state index contributed by atoms with van der Waals surface area (Å²) in [6, 6.07) is 13.9. The molecule has 2 aromatic rings. The summed E-state index contributed by atoms with van der Waals surface area (Å²) in [7, 11) is 0. The molecule has 164 valence electrons. The van der Waals surface area contributed by atoms with Crippen LogP contribution in [-0.2, 0) is 16.2 Å². The number of carbonyl (C=O) groups excluding carboxylic acids is 1. The van der Waals surface area contributed by atoms with Gasteiger partial charge in [-0.3, -0.25) is 4.90 Å². The van der Waals surface area contributed by atoms with Crippen molar-refractivity contribution >= 4 is 23.3 Å². The molecule has 0 saturated carbocycles. The molecule has 8 heteroatoms. The molecule has 2 aliphatic heterocycles. The second kappa shape index (κ2) is 11.0. The molecule has 32 heavy (non-hydrogen) atoms. The Hall–Kier alpha value is -1.57. The monoisotopic (exact) mass is 464 g/mol. The molecule has 2 aromatic carbocycles. The van der Waals surface area contributed by atoms with Gasteiger partial charge in [0.25, 0.3) is 0 Å². The number of aliphatic carboxylic acids is 1. The molecule has 0 aromatic heterocycles. The van der Waals surface area contributed by atoms with E-state index >= 15 is 0 Å². The molecule has 1 saturated heterocycles. The van der Waals surface area contributed by atoms with Crippen LogP contribution in [0.25, 0.3) is 0 Å². The fourth-order valence-corrected chi connectivity index (χ4v) is 4.26. The van der Waals surface area contributed by atoms with Crippen LogP contribution in [0.4, 0.5) is 0 Å². The molecule has 0 radical (unpaired) electrons. The Labute approximate surface area is 215 Å². The summed E-state index contributed by atoms with van der Waals surface area (Å²) >= 11 is 6.36. The van der Waals surface area contributed by atoms with E-state index in [0.29, 0.717) is 30.2 Å². The number of halogens is 1. The predicted octanol–water partition coefficient (Wildman–Crippen LogP) is 0.569. The van der Waals surface area contributed by atoms with Crippen LogP contribution < -0.4 is 39.4 Å². The number of carboxylic acids is 1. The van der Waals surface area contributed by atoms with Crippen molar-refractivity contribution in [3.8, 4) is 5.75 Å². The normalized spacial score (nSPS) is 20.6. The number of benzene rings is 2. The minimum absolute atomic E-state index is 0. The Balaban J connectivity index is 0.00000289. The second-order valence-corrected chi connectivity index (χ2v) is 8.84. The van der Waals surface area contributed by atoms with Crippen LogP contribution in [0, 0.1) is 5.92 Å². The molecular weight excluding hydrogens is 439 g/mol. The molecule has 2 heterocycles. The first kappa shape index (κ1) is 25.1. The Morgan fingerprint density at radius 3 is 2.66 bits per heavy atom. The number of rotatable bonds is 7. The first-order valence-corrected chi connectivity index (χ1v) is 11.0. The number of oxime groups is 1. The zero-order valence-corrected chi connectivity index (χ0v) is 21.5. The third-order valence-corrected chi connectivity index (χ3v) is 5.95. The summed E-state index contributed by atoms with van der Waals surface area (Å²) in [5.41, 5.74) is 4.03. The van der Waals surface area contributed by atoms with Gasteiger partial charge in [0.1, 0.15) is 5.75 Å². The number of carboxylic acid groups (broad SMARTS) is 1. The molecule has 0 aliphatic carbocycles. The van der Waals surface area contributed by atoms with Crippen molar-refractivity contribution in [2.45, 2.75) is 45.4 Å². The number of likely N-dealkylation sites (tertiary alicyclic amines) is 1. The average molecular weight is 465 g/mol. The SMILES string of the molecule is CC(C)Oc1ccc(C2CC(c3ccc(CN4CCC(C(=O)[O-])C4)cc3)=NO2)cc1Cl.[Na+]. The van der Waals surface area contributed by atoms with Crippen LogP contribution in [0.3, 0.4) is 0 Å².